The van der Waals surface area contributed by atoms with Crippen LogP contribution < -0.4 is 16.6 Å². The monoisotopic (exact) mass is 364 g/mol. The van der Waals surface area contributed by atoms with Crippen molar-refractivity contribution in [2.45, 2.75) is 12.8 Å². The van der Waals surface area contributed by atoms with Crippen LogP contribution in [0.5, 0.6) is 0 Å². The van der Waals surface area contributed by atoms with E-state index in [9.17, 15) is 14.4 Å². The molecule has 0 bridgehead atoms. The standard InChI is InChI=1S/C18H16N6O3/c1-24-16-15(17(26)23-18(24)27)21-13(22-16)6-7-14(25)20-11-8-10-4-2-3-5-12(10)19-9-11/h2-5,8-9H,6-7H2,1H3,(H,20,25)(H,21,22)(H,23,26,27). The number of aryl methyl sites for hydroxylation is 2. The minimum atomic E-state index is -0.535. The molecule has 9 nitrogen and oxygen atoms in total. The largest absolute Gasteiger partial charge is 0.336 e. The van der Waals surface area contributed by atoms with E-state index >= 15 is 0 Å². The molecular formula is C18H16N6O3. The molecule has 3 heterocycles. The molecule has 3 N–H and O–H groups in total. The summed E-state index contributed by atoms with van der Waals surface area (Å²) in [6.45, 7) is 0. The van der Waals surface area contributed by atoms with E-state index in [0.717, 1.165) is 10.9 Å². The molecule has 27 heavy (non-hydrogen) atoms. The number of aromatic nitrogens is 5. The van der Waals surface area contributed by atoms with Crippen LogP contribution in [0.15, 0.2) is 46.1 Å². The SMILES string of the molecule is Cn1c(=O)[nH]c(=O)c2[nH]c(CCC(=O)Nc3cnc4ccccc4c3)nc21. The van der Waals surface area contributed by atoms with E-state index in [2.05, 4.69) is 25.3 Å². The molecule has 9 heteroatoms. The highest BCUT2D eigenvalue weighted by Crippen LogP contribution is 2.16. The zero-order chi connectivity index (χ0) is 19.0. The number of nitrogens with one attached hydrogen (secondary N) is 3. The fourth-order valence-corrected chi connectivity index (χ4v) is 2.87. The van der Waals surface area contributed by atoms with Gasteiger partial charge in [-0.3, -0.25) is 24.1 Å². The van der Waals surface area contributed by atoms with Gasteiger partial charge in [0.25, 0.3) is 5.56 Å². The van der Waals surface area contributed by atoms with Gasteiger partial charge in [0, 0.05) is 25.3 Å². The Kier molecular flexibility index (Phi) is 4.03. The van der Waals surface area contributed by atoms with Crippen LogP contribution >= 0.6 is 0 Å². The fraction of sp³-hybridized carbons (Fsp3) is 0.167. The predicted molar refractivity (Wildman–Crippen MR) is 101 cm³/mol. The number of benzene rings is 1. The molecule has 0 aliphatic rings. The van der Waals surface area contributed by atoms with Gasteiger partial charge in [-0.05, 0) is 12.1 Å². The first-order valence-corrected chi connectivity index (χ1v) is 8.34. The summed E-state index contributed by atoms with van der Waals surface area (Å²) in [4.78, 5) is 49.3. The maximum absolute atomic E-state index is 12.2. The van der Waals surface area contributed by atoms with Crippen molar-refractivity contribution in [2.75, 3.05) is 5.32 Å². The molecule has 4 rings (SSSR count). The number of aromatic amines is 2. The molecular weight excluding hydrogens is 348 g/mol. The Balaban J connectivity index is 1.48. The molecule has 1 aromatic carbocycles. The van der Waals surface area contributed by atoms with Gasteiger partial charge in [0.2, 0.25) is 5.91 Å². The summed E-state index contributed by atoms with van der Waals surface area (Å²) in [6, 6.07) is 9.50. The Bertz CT molecular complexity index is 1280. The van der Waals surface area contributed by atoms with Gasteiger partial charge in [0.15, 0.2) is 5.65 Å². The van der Waals surface area contributed by atoms with Crippen molar-refractivity contribution in [2.24, 2.45) is 7.05 Å². The Hall–Kier alpha value is -3.75. The molecule has 0 aliphatic carbocycles. The average Bonchev–Trinajstić information content (AvgIpc) is 3.10. The van der Waals surface area contributed by atoms with Crippen LogP contribution in [0.2, 0.25) is 0 Å². The van der Waals surface area contributed by atoms with Gasteiger partial charge >= 0.3 is 5.69 Å². The second-order valence-corrected chi connectivity index (χ2v) is 6.17. The number of amides is 1. The van der Waals surface area contributed by atoms with E-state index < -0.39 is 11.2 Å². The number of fused-ring (bicyclic) bond motifs is 2. The number of imidazole rings is 1. The van der Waals surface area contributed by atoms with Gasteiger partial charge in [-0.1, -0.05) is 18.2 Å². The maximum Gasteiger partial charge on any atom is 0.329 e. The van der Waals surface area contributed by atoms with E-state index in [1.807, 2.05) is 30.3 Å². The number of rotatable bonds is 4. The lowest BCUT2D eigenvalue weighted by Crippen LogP contribution is -2.28. The van der Waals surface area contributed by atoms with Gasteiger partial charge in [-0.15, -0.1) is 0 Å². The first-order chi connectivity index (χ1) is 13.0. The van der Waals surface area contributed by atoms with Crippen LogP contribution in [0.25, 0.3) is 22.1 Å². The van der Waals surface area contributed by atoms with E-state index in [1.165, 1.54) is 11.6 Å². The van der Waals surface area contributed by atoms with Crippen LogP contribution in [-0.2, 0) is 18.3 Å². The minimum absolute atomic E-state index is 0.165. The third-order valence-corrected chi connectivity index (χ3v) is 4.27. The normalized spacial score (nSPS) is 11.1. The summed E-state index contributed by atoms with van der Waals surface area (Å²) in [5.74, 6) is 0.263. The number of pyridine rings is 1. The minimum Gasteiger partial charge on any atom is -0.336 e. The molecule has 0 aliphatic heterocycles. The van der Waals surface area contributed by atoms with Crippen molar-refractivity contribution in [3.05, 3.63) is 63.2 Å². The second kappa shape index (κ2) is 6.52. The van der Waals surface area contributed by atoms with Crippen molar-refractivity contribution in [1.29, 1.82) is 0 Å². The topological polar surface area (TPSA) is 126 Å². The highest BCUT2D eigenvalue weighted by molar-refractivity contribution is 5.93. The van der Waals surface area contributed by atoms with Crippen LogP contribution in [-0.4, -0.2) is 30.4 Å². The van der Waals surface area contributed by atoms with Crippen molar-refractivity contribution < 1.29 is 4.79 Å². The summed E-state index contributed by atoms with van der Waals surface area (Å²) >= 11 is 0. The van der Waals surface area contributed by atoms with Crippen LogP contribution in [0.3, 0.4) is 0 Å². The Morgan fingerprint density at radius 1 is 1.22 bits per heavy atom. The number of carbonyl (C=O) groups is 1. The van der Waals surface area contributed by atoms with E-state index in [4.69, 9.17) is 0 Å². The van der Waals surface area contributed by atoms with Crippen LogP contribution in [0, 0.1) is 0 Å². The van der Waals surface area contributed by atoms with Gasteiger partial charge in [0.1, 0.15) is 11.3 Å². The number of anilines is 1. The van der Waals surface area contributed by atoms with E-state index in [-0.39, 0.29) is 23.5 Å². The number of para-hydroxylation sites is 1. The highest BCUT2D eigenvalue weighted by Gasteiger charge is 2.12. The van der Waals surface area contributed by atoms with Crippen molar-refractivity contribution in [3.8, 4) is 0 Å². The molecule has 0 saturated heterocycles. The Morgan fingerprint density at radius 2 is 2.04 bits per heavy atom. The molecule has 0 spiro atoms. The third-order valence-electron chi connectivity index (χ3n) is 4.27. The molecule has 3 aromatic heterocycles. The molecule has 4 aromatic rings. The summed E-state index contributed by atoms with van der Waals surface area (Å²) < 4.78 is 1.25. The average molecular weight is 364 g/mol. The summed E-state index contributed by atoms with van der Waals surface area (Å²) in [5.41, 5.74) is 0.880. The van der Waals surface area contributed by atoms with Gasteiger partial charge in [-0.2, -0.15) is 0 Å². The van der Waals surface area contributed by atoms with Crippen molar-refractivity contribution >= 4 is 33.7 Å². The van der Waals surface area contributed by atoms with E-state index in [1.54, 1.807) is 6.20 Å². The molecule has 0 saturated carbocycles. The lowest BCUT2D eigenvalue weighted by atomic mass is 10.2. The Labute approximate surface area is 152 Å². The zero-order valence-corrected chi connectivity index (χ0v) is 14.4. The number of H-pyrrole nitrogens is 2. The van der Waals surface area contributed by atoms with Gasteiger partial charge in [0.05, 0.1) is 17.4 Å². The first-order valence-electron chi connectivity index (χ1n) is 8.34. The smallest absolute Gasteiger partial charge is 0.329 e. The number of carbonyl (C=O) groups excluding carboxylic acids is 1. The molecule has 1 amide bonds. The van der Waals surface area contributed by atoms with Crippen LogP contribution in [0.4, 0.5) is 5.69 Å². The lowest BCUT2D eigenvalue weighted by molar-refractivity contribution is -0.116. The quantitative estimate of drug-likeness (QED) is 0.499. The summed E-state index contributed by atoms with van der Waals surface area (Å²) in [7, 11) is 1.52. The summed E-state index contributed by atoms with van der Waals surface area (Å²) in [5, 5.41) is 3.74. The van der Waals surface area contributed by atoms with E-state index in [0.29, 0.717) is 17.9 Å². The molecule has 0 atom stereocenters. The lowest BCUT2D eigenvalue weighted by Gasteiger charge is -2.05. The Morgan fingerprint density at radius 3 is 2.89 bits per heavy atom. The van der Waals surface area contributed by atoms with Crippen LogP contribution in [0.1, 0.15) is 12.2 Å². The maximum atomic E-state index is 12.2. The van der Waals surface area contributed by atoms with Gasteiger partial charge in [-0.25, -0.2) is 9.78 Å². The summed E-state index contributed by atoms with van der Waals surface area (Å²) in [6.07, 6.45) is 2.07. The predicted octanol–water partition coefficient (Wildman–Crippen LogP) is 1.07. The molecule has 0 unspecified atom stereocenters. The fourth-order valence-electron chi connectivity index (χ4n) is 2.87. The first kappa shape index (κ1) is 16.7. The second-order valence-electron chi connectivity index (χ2n) is 6.17. The molecule has 0 fully saturated rings. The zero-order valence-electron chi connectivity index (χ0n) is 14.4. The molecule has 136 valence electrons. The van der Waals surface area contributed by atoms with Gasteiger partial charge < -0.3 is 10.3 Å². The highest BCUT2D eigenvalue weighted by atomic mass is 16.2. The number of nitrogens with zero attached hydrogens (tertiary/aromatic N) is 3. The third kappa shape index (κ3) is 3.22. The number of hydrogen-bond donors (Lipinski definition) is 3. The number of hydrogen-bond acceptors (Lipinski definition) is 5. The van der Waals surface area contributed by atoms with Crippen molar-refractivity contribution in [1.82, 2.24) is 24.5 Å². The van der Waals surface area contributed by atoms with Crippen molar-refractivity contribution in [3.63, 3.8) is 0 Å². The molecule has 0 radical (unpaired) electrons.